The highest BCUT2D eigenvalue weighted by Gasteiger charge is 2.72. The minimum atomic E-state index is -0.772. The molecule has 3 aliphatic heterocycles. The number of hydrogen-bond acceptors (Lipinski definition) is 6. The van der Waals surface area contributed by atoms with Gasteiger partial charge in [0.25, 0.3) is 0 Å². The van der Waals surface area contributed by atoms with E-state index in [9.17, 15) is 4.39 Å². The highest BCUT2D eigenvalue weighted by molar-refractivity contribution is 5.60. The first-order valence-electron chi connectivity index (χ1n) is 13.5. The normalized spacial score (nSPS) is 43.4. The van der Waals surface area contributed by atoms with E-state index < -0.39 is 6.17 Å². The Morgan fingerprint density at radius 2 is 2.18 bits per heavy atom. The van der Waals surface area contributed by atoms with Crippen molar-refractivity contribution in [2.24, 2.45) is 28.0 Å². The van der Waals surface area contributed by atoms with Crippen molar-refractivity contribution in [3.05, 3.63) is 36.3 Å². The molecule has 0 bridgehead atoms. The predicted octanol–water partition coefficient (Wildman–Crippen LogP) is 3.25. The van der Waals surface area contributed by atoms with Crippen LogP contribution in [-0.2, 0) is 0 Å². The van der Waals surface area contributed by atoms with Crippen LogP contribution in [0.25, 0.3) is 0 Å². The molecule has 0 amide bonds. The van der Waals surface area contributed by atoms with Gasteiger partial charge >= 0.3 is 0 Å². The molecule has 34 heavy (non-hydrogen) atoms. The Morgan fingerprint density at radius 1 is 1.29 bits per heavy atom. The van der Waals surface area contributed by atoms with Crippen molar-refractivity contribution in [3.8, 4) is 0 Å². The summed E-state index contributed by atoms with van der Waals surface area (Å²) in [4.78, 5) is 9.77. The third-order valence-corrected chi connectivity index (χ3v) is 9.34. The summed E-state index contributed by atoms with van der Waals surface area (Å²) in [5, 5.41) is 7.57. The van der Waals surface area contributed by atoms with Gasteiger partial charge in [0.05, 0.1) is 0 Å². The lowest BCUT2D eigenvalue weighted by atomic mass is 9.75. The highest BCUT2D eigenvalue weighted by atomic mass is 19.1. The number of allylic oxidation sites excluding steroid dienone is 4. The van der Waals surface area contributed by atoms with Gasteiger partial charge in [-0.15, -0.1) is 0 Å². The number of nitrogens with one attached hydrogen (secondary N) is 2. The lowest BCUT2D eigenvalue weighted by Crippen LogP contribution is -2.51. The Labute approximate surface area is 203 Å². The number of likely N-dealkylation sites (N-methyl/N-ethyl adjacent to an activating group) is 1. The minimum Gasteiger partial charge on any atom is -0.403 e. The first-order chi connectivity index (χ1) is 16.6. The van der Waals surface area contributed by atoms with E-state index in [0.29, 0.717) is 42.4 Å². The molecular formula is C27H41FN6. The van der Waals surface area contributed by atoms with E-state index in [4.69, 9.17) is 10.7 Å². The Hall–Kier alpha value is -1.86. The van der Waals surface area contributed by atoms with Crippen molar-refractivity contribution >= 4 is 6.21 Å². The molecule has 6 aliphatic rings. The van der Waals surface area contributed by atoms with Crippen LogP contribution >= 0.6 is 0 Å². The van der Waals surface area contributed by atoms with Gasteiger partial charge in [0, 0.05) is 73.4 Å². The van der Waals surface area contributed by atoms with Gasteiger partial charge in [-0.3, -0.25) is 15.6 Å². The summed E-state index contributed by atoms with van der Waals surface area (Å²) in [7, 11) is 2.12. The average Bonchev–Trinajstić information content (AvgIpc) is 3.72. The summed E-state index contributed by atoms with van der Waals surface area (Å²) < 4.78 is 14.1. The molecule has 2 saturated carbocycles. The maximum absolute atomic E-state index is 14.1. The van der Waals surface area contributed by atoms with Crippen LogP contribution in [0.4, 0.5) is 4.39 Å². The third-order valence-electron chi connectivity index (χ3n) is 9.34. The van der Waals surface area contributed by atoms with E-state index in [1.807, 2.05) is 12.3 Å². The summed E-state index contributed by atoms with van der Waals surface area (Å²) in [6, 6.07) is 2.05. The van der Waals surface area contributed by atoms with Gasteiger partial charge in [0.1, 0.15) is 6.17 Å². The first-order valence-corrected chi connectivity index (χ1v) is 13.5. The summed E-state index contributed by atoms with van der Waals surface area (Å²) in [6.07, 6.45) is 21.5. The van der Waals surface area contributed by atoms with Crippen LogP contribution in [0.15, 0.2) is 41.3 Å². The molecule has 3 fully saturated rings. The fourth-order valence-corrected chi connectivity index (χ4v) is 7.74. The van der Waals surface area contributed by atoms with Crippen molar-refractivity contribution in [2.45, 2.75) is 94.4 Å². The van der Waals surface area contributed by atoms with Gasteiger partial charge < -0.3 is 15.5 Å². The predicted molar refractivity (Wildman–Crippen MR) is 135 cm³/mol. The van der Waals surface area contributed by atoms with Crippen molar-refractivity contribution < 1.29 is 4.39 Å². The average molecular weight is 469 g/mol. The molecule has 6 nitrogen and oxygen atoms in total. The van der Waals surface area contributed by atoms with Crippen LogP contribution in [0.5, 0.6) is 0 Å². The SMILES string of the molecule is CN(/C=C\N)CC1CCC2=CCCC3(C4C=CC(F)CC4)C(C4CC=NC(NC5CC5)N4)C3N21. The zero-order valence-electron chi connectivity index (χ0n) is 20.5. The van der Waals surface area contributed by atoms with E-state index in [1.165, 1.54) is 32.1 Å². The number of nitrogens with two attached hydrogens (primary N) is 1. The standard InChI is InChI=1S/C27H41FN6/c1-33(16-14-29)17-22-11-10-21-3-2-13-27(18-4-6-19(28)7-5-18)24(25(27)34(21)22)23-12-15-30-26(32-23)31-20-8-9-20/h3-4,6,14-16,18-20,22-26,31-32H,2,5,7-13,17,29H2,1H3/b16-14-. The molecule has 0 spiro atoms. The molecule has 0 aromatic heterocycles. The largest absolute Gasteiger partial charge is 0.403 e. The molecule has 0 radical (unpaired) electrons. The van der Waals surface area contributed by atoms with Gasteiger partial charge in [-0.25, -0.2) is 4.39 Å². The second kappa shape index (κ2) is 8.98. The smallest absolute Gasteiger partial charge is 0.153 e. The second-order valence-electron chi connectivity index (χ2n) is 11.5. The molecule has 0 aromatic rings. The molecule has 0 aromatic carbocycles. The first kappa shape index (κ1) is 22.6. The molecule has 6 rings (SSSR count). The monoisotopic (exact) mass is 468 g/mol. The van der Waals surface area contributed by atoms with E-state index in [2.05, 4.69) is 45.8 Å². The Kier molecular flexibility index (Phi) is 5.96. The van der Waals surface area contributed by atoms with Gasteiger partial charge in [-0.05, 0) is 63.7 Å². The Bertz CT molecular complexity index is 880. The Balaban J connectivity index is 1.30. The number of halogens is 1. The van der Waals surface area contributed by atoms with E-state index in [0.717, 1.165) is 25.8 Å². The third kappa shape index (κ3) is 3.98. The van der Waals surface area contributed by atoms with Gasteiger partial charge in [-0.1, -0.05) is 18.2 Å². The Morgan fingerprint density at radius 3 is 2.94 bits per heavy atom. The van der Waals surface area contributed by atoms with Gasteiger partial charge in [0.15, 0.2) is 6.29 Å². The fourth-order valence-electron chi connectivity index (χ4n) is 7.74. The minimum absolute atomic E-state index is 0.0375. The molecule has 8 atom stereocenters. The molecule has 8 unspecified atom stereocenters. The molecule has 4 N–H and O–H groups in total. The summed E-state index contributed by atoms with van der Waals surface area (Å²) >= 11 is 0. The van der Waals surface area contributed by atoms with Crippen LogP contribution in [0, 0.1) is 17.3 Å². The molecule has 3 heterocycles. The number of rotatable bonds is 7. The topological polar surface area (TPSA) is 68.9 Å². The maximum Gasteiger partial charge on any atom is 0.153 e. The summed E-state index contributed by atoms with van der Waals surface area (Å²) in [5.74, 6) is 1.02. The van der Waals surface area contributed by atoms with Crippen molar-refractivity contribution in [1.82, 2.24) is 20.4 Å². The molecule has 7 heteroatoms. The number of alkyl halides is 1. The number of hydrogen-bond donors (Lipinski definition) is 3. The second-order valence-corrected chi connectivity index (χ2v) is 11.5. The fraction of sp³-hybridized carbons (Fsp3) is 0.741. The van der Waals surface area contributed by atoms with E-state index in [-0.39, 0.29) is 11.7 Å². The summed E-state index contributed by atoms with van der Waals surface area (Å²) in [6.45, 7) is 0.989. The van der Waals surface area contributed by atoms with Crippen molar-refractivity contribution in [3.63, 3.8) is 0 Å². The molecule has 1 saturated heterocycles. The lowest BCUT2D eigenvalue weighted by molar-refractivity contribution is 0.181. The van der Waals surface area contributed by atoms with Crippen LogP contribution in [0.3, 0.4) is 0 Å². The van der Waals surface area contributed by atoms with Crippen LogP contribution in [-0.4, -0.2) is 66.2 Å². The molecule has 186 valence electrons. The van der Waals surface area contributed by atoms with Crippen molar-refractivity contribution in [1.29, 1.82) is 0 Å². The van der Waals surface area contributed by atoms with Gasteiger partial charge in [-0.2, -0.15) is 0 Å². The van der Waals surface area contributed by atoms with Crippen LogP contribution in [0.1, 0.15) is 57.8 Å². The van der Waals surface area contributed by atoms with Gasteiger partial charge in [0.2, 0.25) is 0 Å². The number of fused-ring (bicyclic) bond motifs is 3. The quantitative estimate of drug-likeness (QED) is 0.501. The van der Waals surface area contributed by atoms with Crippen molar-refractivity contribution in [2.75, 3.05) is 13.6 Å². The molecule has 3 aliphatic carbocycles. The molecular weight excluding hydrogens is 427 g/mol. The zero-order valence-corrected chi connectivity index (χ0v) is 20.5. The highest BCUT2D eigenvalue weighted by Crippen LogP contribution is 2.69. The number of aliphatic imine (C=N–C) groups is 1. The van der Waals surface area contributed by atoms with Crippen LogP contribution in [0.2, 0.25) is 0 Å². The van der Waals surface area contributed by atoms with E-state index >= 15 is 0 Å². The maximum atomic E-state index is 14.1. The zero-order chi connectivity index (χ0) is 23.3. The van der Waals surface area contributed by atoms with Crippen LogP contribution < -0.4 is 16.4 Å². The lowest BCUT2D eigenvalue weighted by Gasteiger charge is -2.34. The van der Waals surface area contributed by atoms with E-state index in [1.54, 1.807) is 11.9 Å². The summed E-state index contributed by atoms with van der Waals surface area (Å²) in [5.41, 5.74) is 7.45. The number of nitrogens with zero attached hydrogens (tertiary/aromatic N) is 3.